The number of nitro benzene ring substituents is 1. The van der Waals surface area contributed by atoms with E-state index in [1.165, 1.54) is 40.1 Å². The molecule has 10 nitrogen and oxygen atoms in total. The van der Waals surface area contributed by atoms with Gasteiger partial charge in [-0.25, -0.2) is 0 Å². The minimum atomic E-state index is -0.523. The number of carbonyl (C=O) groups is 1. The van der Waals surface area contributed by atoms with Crippen LogP contribution in [0.1, 0.15) is 10.4 Å². The second-order valence-corrected chi connectivity index (χ2v) is 6.08. The zero-order chi connectivity index (χ0) is 18.1. The van der Waals surface area contributed by atoms with Crippen LogP contribution in [0.4, 0.5) is 10.8 Å². The van der Waals surface area contributed by atoms with Crippen LogP contribution in [0.3, 0.4) is 0 Å². The first-order valence-electron chi connectivity index (χ1n) is 7.30. The van der Waals surface area contributed by atoms with Crippen LogP contribution in [0.2, 0.25) is 0 Å². The molecule has 0 fully saturated rings. The summed E-state index contributed by atoms with van der Waals surface area (Å²) < 4.78 is 1.53. The summed E-state index contributed by atoms with van der Waals surface area (Å²) in [6, 6.07) is 8.88. The van der Waals surface area contributed by atoms with E-state index in [9.17, 15) is 14.9 Å². The first-order valence-corrected chi connectivity index (χ1v) is 8.12. The minimum Gasteiger partial charge on any atom is -0.296 e. The maximum absolute atomic E-state index is 12.3. The van der Waals surface area contributed by atoms with Crippen molar-refractivity contribution >= 4 is 33.0 Å². The van der Waals surface area contributed by atoms with Crippen LogP contribution >= 0.6 is 11.3 Å². The van der Waals surface area contributed by atoms with Crippen molar-refractivity contribution in [2.75, 3.05) is 5.32 Å². The van der Waals surface area contributed by atoms with Crippen molar-refractivity contribution in [2.45, 2.75) is 0 Å². The zero-order valence-corrected chi connectivity index (χ0v) is 13.8. The number of nitrogens with zero attached hydrogens (tertiary/aromatic N) is 6. The summed E-state index contributed by atoms with van der Waals surface area (Å²) in [4.78, 5) is 26.9. The number of carbonyl (C=O) groups excluding carboxylic acids is 1. The van der Waals surface area contributed by atoms with Gasteiger partial charge in [0, 0.05) is 35.7 Å². The van der Waals surface area contributed by atoms with Crippen LogP contribution in [-0.4, -0.2) is 35.6 Å². The second-order valence-electron chi connectivity index (χ2n) is 5.12. The normalized spacial score (nSPS) is 10.8. The average molecular weight is 367 g/mol. The molecule has 0 spiro atoms. The fourth-order valence-corrected chi connectivity index (χ4v) is 2.99. The van der Waals surface area contributed by atoms with Crippen molar-refractivity contribution < 1.29 is 9.72 Å². The summed E-state index contributed by atoms with van der Waals surface area (Å²) in [7, 11) is 0. The number of hydrogen-bond donors (Lipinski definition) is 1. The van der Waals surface area contributed by atoms with Crippen LogP contribution in [-0.2, 0) is 0 Å². The Morgan fingerprint density at radius 3 is 2.54 bits per heavy atom. The largest absolute Gasteiger partial charge is 0.296 e. The molecule has 0 aliphatic heterocycles. The van der Waals surface area contributed by atoms with Crippen LogP contribution in [0.5, 0.6) is 0 Å². The van der Waals surface area contributed by atoms with Gasteiger partial charge in [-0.3, -0.25) is 25.2 Å². The van der Waals surface area contributed by atoms with E-state index in [1.54, 1.807) is 24.5 Å². The molecule has 128 valence electrons. The highest BCUT2D eigenvalue weighted by atomic mass is 32.1. The van der Waals surface area contributed by atoms with Crippen molar-refractivity contribution in [1.82, 2.24) is 24.8 Å². The Labute approximate surface area is 149 Å². The molecule has 4 aromatic rings. The van der Waals surface area contributed by atoms with E-state index in [2.05, 4.69) is 25.6 Å². The van der Waals surface area contributed by atoms with Crippen molar-refractivity contribution in [2.24, 2.45) is 0 Å². The lowest BCUT2D eigenvalue weighted by molar-refractivity contribution is -0.384. The Morgan fingerprint density at radius 2 is 1.85 bits per heavy atom. The third kappa shape index (κ3) is 2.86. The van der Waals surface area contributed by atoms with Crippen LogP contribution in [0, 0.1) is 10.1 Å². The molecule has 0 saturated heterocycles. The van der Waals surface area contributed by atoms with Gasteiger partial charge in [0.05, 0.1) is 4.92 Å². The minimum absolute atomic E-state index is 0.0812. The number of benzene rings is 1. The molecule has 26 heavy (non-hydrogen) atoms. The van der Waals surface area contributed by atoms with Crippen molar-refractivity contribution in [3.8, 4) is 11.4 Å². The van der Waals surface area contributed by atoms with Gasteiger partial charge in [0.1, 0.15) is 0 Å². The maximum atomic E-state index is 12.3. The van der Waals surface area contributed by atoms with Crippen molar-refractivity contribution in [1.29, 1.82) is 0 Å². The van der Waals surface area contributed by atoms with E-state index in [1.807, 2.05) is 0 Å². The Morgan fingerprint density at radius 1 is 1.12 bits per heavy atom. The van der Waals surface area contributed by atoms with Gasteiger partial charge in [0.2, 0.25) is 10.1 Å². The van der Waals surface area contributed by atoms with Crippen LogP contribution in [0.25, 0.3) is 16.3 Å². The van der Waals surface area contributed by atoms with Gasteiger partial charge >= 0.3 is 0 Å². The number of fused-ring (bicyclic) bond motifs is 1. The molecule has 11 heteroatoms. The number of hydrogen-bond acceptors (Lipinski definition) is 8. The van der Waals surface area contributed by atoms with Crippen LogP contribution < -0.4 is 5.32 Å². The predicted octanol–water partition coefficient (Wildman–Crippen LogP) is 2.41. The molecular formula is C15H9N7O3S. The second kappa shape index (κ2) is 6.29. The van der Waals surface area contributed by atoms with E-state index in [-0.39, 0.29) is 11.3 Å². The predicted molar refractivity (Wildman–Crippen MR) is 92.9 cm³/mol. The lowest BCUT2D eigenvalue weighted by atomic mass is 10.2. The Bertz CT molecular complexity index is 1110. The lowest BCUT2D eigenvalue weighted by Crippen LogP contribution is -2.12. The number of amides is 1. The van der Waals surface area contributed by atoms with E-state index < -0.39 is 10.8 Å². The Kier molecular flexibility index (Phi) is 3.82. The third-order valence-electron chi connectivity index (χ3n) is 3.49. The van der Waals surface area contributed by atoms with Gasteiger partial charge in [-0.15, -0.1) is 15.3 Å². The van der Waals surface area contributed by atoms with Crippen molar-refractivity contribution in [3.63, 3.8) is 0 Å². The summed E-state index contributed by atoms with van der Waals surface area (Å²) in [6.45, 7) is 0. The topological polar surface area (TPSA) is 128 Å². The number of aromatic nitrogens is 5. The molecule has 0 radical (unpaired) electrons. The average Bonchev–Trinajstić information content (AvgIpc) is 3.22. The van der Waals surface area contributed by atoms with Crippen molar-refractivity contribution in [3.05, 3.63) is 64.5 Å². The van der Waals surface area contributed by atoms with E-state index in [4.69, 9.17) is 0 Å². The molecule has 3 heterocycles. The molecule has 1 aromatic carbocycles. The zero-order valence-electron chi connectivity index (χ0n) is 12.9. The fourth-order valence-electron chi connectivity index (χ4n) is 2.25. The lowest BCUT2D eigenvalue weighted by Gasteiger charge is -2.01. The molecule has 1 amide bonds. The fraction of sp³-hybridized carbons (Fsp3) is 0. The molecular weight excluding hydrogens is 358 g/mol. The SMILES string of the molecule is O=C(Nc1nn2c(-c3ccncc3)nnc2s1)c1ccc([N+](=O)[O-])cc1. The standard InChI is InChI=1S/C15H9N7O3S/c23-13(10-1-3-11(4-2-10)22(24)25)17-14-20-21-12(18-19-15(21)26-14)9-5-7-16-8-6-9/h1-8H,(H,17,20,23). The molecule has 0 atom stereocenters. The smallest absolute Gasteiger partial charge is 0.269 e. The molecule has 3 aromatic heterocycles. The summed E-state index contributed by atoms with van der Waals surface area (Å²) >= 11 is 1.17. The number of nitrogens with one attached hydrogen (secondary N) is 1. The molecule has 0 bridgehead atoms. The summed E-state index contributed by atoms with van der Waals surface area (Å²) in [5.41, 5.74) is 1.00. The number of pyridine rings is 1. The molecule has 0 aliphatic carbocycles. The van der Waals surface area contributed by atoms with Gasteiger partial charge < -0.3 is 0 Å². The van der Waals surface area contributed by atoms with E-state index in [0.29, 0.717) is 15.9 Å². The van der Waals surface area contributed by atoms with Crippen LogP contribution in [0.15, 0.2) is 48.8 Å². The Hall–Kier alpha value is -3.73. The van der Waals surface area contributed by atoms with Gasteiger partial charge in [-0.2, -0.15) is 4.52 Å². The molecule has 1 N–H and O–H groups in total. The summed E-state index contributed by atoms with van der Waals surface area (Å²) in [5, 5.41) is 26.1. The first-order chi connectivity index (χ1) is 12.6. The molecule has 0 unspecified atom stereocenters. The van der Waals surface area contributed by atoms with E-state index >= 15 is 0 Å². The van der Waals surface area contributed by atoms with E-state index in [0.717, 1.165) is 5.56 Å². The molecule has 0 aliphatic rings. The monoisotopic (exact) mass is 367 g/mol. The number of rotatable bonds is 4. The third-order valence-corrected chi connectivity index (χ3v) is 4.30. The highest BCUT2D eigenvalue weighted by molar-refractivity contribution is 7.20. The highest BCUT2D eigenvalue weighted by Gasteiger charge is 2.16. The van der Waals surface area contributed by atoms with Gasteiger partial charge in [-0.1, -0.05) is 11.3 Å². The van der Waals surface area contributed by atoms with Gasteiger partial charge in [0.25, 0.3) is 11.6 Å². The Balaban J connectivity index is 1.58. The summed E-state index contributed by atoms with van der Waals surface area (Å²) in [5.74, 6) is 0.116. The number of anilines is 1. The van der Waals surface area contributed by atoms with Gasteiger partial charge in [0.15, 0.2) is 5.82 Å². The first kappa shape index (κ1) is 15.8. The quantitative estimate of drug-likeness (QED) is 0.433. The maximum Gasteiger partial charge on any atom is 0.269 e. The summed E-state index contributed by atoms with van der Waals surface area (Å²) in [6.07, 6.45) is 3.28. The number of nitro groups is 1. The number of non-ortho nitro benzene ring substituents is 1. The molecule has 0 saturated carbocycles. The highest BCUT2D eigenvalue weighted by Crippen LogP contribution is 2.24. The molecule has 4 rings (SSSR count). The van der Waals surface area contributed by atoms with Gasteiger partial charge in [-0.05, 0) is 24.3 Å².